The van der Waals surface area contributed by atoms with Gasteiger partial charge in [0, 0.05) is 0 Å². The van der Waals surface area contributed by atoms with Gasteiger partial charge in [0.15, 0.2) is 0 Å². The van der Waals surface area contributed by atoms with Gasteiger partial charge in [0.2, 0.25) is 0 Å². The average molecular weight is 257 g/mol. The van der Waals surface area contributed by atoms with E-state index in [4.69, 9.17) is 16.3 Å². The minimum atomic E-state index is -0.302. The molecule has 0 bridgehead atoms. The Kier molecular flexibility index (Phi) is 4.84. The molecule has 0 aliphatic rings. The van der Waals surface area contributed by atoms with Gasteiger partial charge in [-0.1, -0.05) is 38.4 Å². The highest BCUT2D eigenvalue weighted by atomic mass is 35.5. The molecule has 1 aromatic carbocycles. The second-order valence-corrected chi connectivity index (χ2v) is 5.80. The van der Waals surface area contributed by atoms with E-state index in [2.05, 4.69) is 0 Å². The molecule has 0 spiro atoms. The number of hydrogen-bond donors (Lipinski definition) is 1. The van der Waals surface area contributed by atoms with Crippen molar-refractivity contribution in [2.75, 3.05) is 7.11 Å². The van der Waals surface area contributed by atoms with Crippen LogP contribution in [-0.2, 0) is 6.42 Å². The molecule has 17 heavy (non-hydrogen) atoms. The van der Waals surface area contributed by atoms with Gasteiger partial charge in [-0.05, 0) is 36.0 Å². The minimum absolute atomic E-state index is 0.0729. The summed E-state index contributed by atoms with van der Waals surface area (Å²) in [5.41, 5.74) is 1.06. The monoisotopic (exact) mass is 256 g/mol. The van der Waals surface area contributed by atoms with Gasteiger partial charge in [0.05, 0.1) is 18.2 Å². The van der Waals surface area contributed by atoms with Crippen molar-refractivity contribution in [2.24, 2.45) is 5.41 Å². The lowest BCUT2D eigenvalue weighted by molar-refractivity contribution is 0.0560. The molecule has 0 saturated carbocycles. The molecular weight excluding hydrogens is 236 g/mol. The number of aliphatic hydroxyl groups excluding tert-OH is 1. The third kappa shape index (κ3) is 4.21. The quantitative estimate of drug-likeness (QED) is 0.890. The second kappa shape index (κ2) is 5.74. The van der Waals surface area contributed by atoms with Crippen LogP contribution in [0, 0.1) is 5.41 Å². The Hall–Kier alpha value is -0.730. The van der Waals surface area contributed by atoms with E-state index in [9.17, 15) is 5.11 Å². The number of rotatable bonds is 4. The van der Waals surface area contributed by atoms with E-state index in [1.807, 2.05) is 39.0 Å². The van der Waals surface area contributed by atoms with Crippen molar-refractivity contribution in [3.63, 3.8) is 0 Å². The third-order valence-electron chi connectivity index (χ3n) is 2.92. The van der Waals surface area contributed by atoms with E-state index in [1.54, 1.807) is 7.11 Å². The van der Waals surface area contributed by atoms with Crippen LogP contribution in [0.1, 0.15) is 32.8 Å². The molecule has 0 heterocycles. The summed E-state index contributed by atoms with van der Waals surface area (Å²) in [6, 6.07) is 5.73. The maximum atomic E-state index is 9.97. The highest BCUT2D eigenvalue weighted by Crippen LogP contribution is 2.27. The molecule has 0 radical (unpaired) electrons. The zero-order chi connectivity index (χ0) is 13.1. The topological polar surface area (TPSA) is 29.5 Å². The molecule has 0 saturated heterocycles. The van der Waals surface area contributed by atoms with Gasteiger partial charge in [-0.3, -0.25) is 0 Å². The van der Waals surface area contributed by atoms with Crippen LogP contribution in [0.3, 0.4) is 0 Å². The van der Waals surface area contributed by atoms with Crippen molar-refractivity contribution in [3.8, 4) is 5.75 Å². The Labute approximate surface area is 109 Å². The molecule has 1 aromatic rings. The summed E-state index contributed by atoms with van der Waals surface area (Å²) in [6.45, 7) is 6.13. The summed E-state index contributed by atoms with van der Waals surface area (Å²) in [5.74, 6) is 0.689. The normalized spacial score (nSPS) is 13.5. The lowest BCUT2D eigenvalue weighted by Gasteiger charge is -2.25. The molecule has 0 amide bonds. The van der Waals surface area contributed by atoms with Gasteiger partial charge in [-0.25, -0.2) is 0 Å². The van der Waals surface area contributed by atoms with Gasteiger partial charge in [0.25, 0.3) is 0 Å². The predicted molar refractivity (Wildman–Crippen MR) is 71.8 cm³/mol. The van der Waals surface area contributed by atoms with Crippen molar-refractivity contribution < 1.29 is 9.84 Å². The van der Waals surface area contributed by atoms with Crippen molar-refractivity contribution in [1.82, 2.24) is 0 Å². The van der Waals surface area contributed by atoms with Gasteiger partial charge in [-0.2, -0.15) is 0 Å². The summed E-state index contributed by atoms with van der Waals surface area (Å²) < 4.78 is 5.17. The molecular formula is C14H21ClO2. The molecule has 0 aliphatic carbocycles. The van der Waals surface area contributed by atoms with Crippen LogP contribution in [0.5, 0.6) is 5.75 Å². The van der Waals surface area contributed by atoms with E-state index < -0.39 is 0 Å². The fourth-order valence-corrected chi connectivity index (χ4v) is 1.79. The standard InChI is InChI=1S/C14H21ClO2/c1-14(2,3)13(16)8-6-10-5-7-11(15)12(9-10)17-4/h5,7,9,13,16H,6,8H2,1-4H3. The molecule has 1 unspecified atom stereocenters. The maximum absolute atomic E-state index is 9.97. The Morgan fingerprint density at radius 3 is 2.53 bits per heavy atom. The number of ether oxygens (including phenoxy) is 1. The first kappa shape index (κ1) is 14.3. The zero-order valence-electron chi connectivity index (χ0n) is 11.0. The zero-order valence-corrected chi connectivity index (χ0v) is 11.7. The number of hydrogen-bond acceptors (Lipinski definition) is 2. The van der Waals surface area contributed by atoms with Crippen LogP contribution < -0.4 is 4.74 Å². The molecule has 96 valence electrons. The molecule has 1 rings (SSSR count). The number of aryl methyl sites for hydroxylation is 1. The fourth-order valence-electron chi connectivity index (χ4n) is 1.60. The Morgan fingerprint density at radius 2 is 2.00 bits per heavy atom. The fraction of sp³-hybridized carbons (Fsp3) is 0.571. The van der Waals surface area contributed by atoms with E-state index in [-0.39, 0.29) is 11.5 Å². The summed E-state index contributed by atoms with van der Waals surface area (Å²) in [4.78, 5) is 0. The van der Waals surface area contributed by atoms with Crippen LogP contribution in [0.15, 0.2) is 18.2 Å². The Balaban J connectivity index is 2.64. The first-order chi connectivity index (χ1) is 7.84. The van der Waals surface area contributed by atoms with Crippen LogP contribution in [0.2, 0.25) is 5.02 Å². The van der Waals surface area contributed by atoms with Gasteiger partial charge >= 0.3 is 0 Å². The van der Waals surface area contributed by atoms with Crippen molar-refractivity contribution in [3.05, 3.63) is 28.8 Å². The van der Waals surface area contributed by atoms with Crippen LogP contribution >= 0.6 is 11.6 Å². The van der Waals surface area contributed by atoms with Crippen molar-refractivity contribution in [2.45, 2.75) is 39.7 Å². The number of aliphatic hydroxyl groups is 1. The largest absolute Gasteiger partial charge is 0.495 e. The number of methoxy groups -OCH3 is 1. The van der Waals surface area contributed by atoms with Gasteiger partial charge < -0.3 is 9.84 Å². The molecule has 1 N–H and O–H groups in total. The smallest absolute Gasteiger partial charge is 0.137 e. The van der Waals surface area contributed by atoms with Gasteiger partial charge in [-0.15, -0.1) is 0 Å². The third-order valence-corrected chi connectivity index (χ3v) is 3.23. The maximum Gasteiger partial charge on any atom is 0.137 e. The minimum Gasteiger partial charge on any atom is -0.495 e. The number of benzene rings is 1. The Morgan fingerprint density at radius 1 is 1.35 bits per heavy atom. The van der Waals surface area contributed by atoms with E-state index in [1.165, 1.54) is 0 Å². The molecule has 0 aromatic heterocycles. The summed E-state index contributed by atoms with van der Waals surface area (Å²) in [5, 5.41) is 10.6. The molecule has 2 nitrogen and oxygen atoms in total. The SMILES string of the molecule is COc1cc(CCC(O)C(C)(C)C)ccc1Cl. The Bertz CT molecular complexity index is 369. The average Bonchev–Trinajstić information content (AvgIpc) is 2.26. The molecule has 3 heteroatoms. The van der Waals surface area contributed by atoms with Crippen LogP contribution in [0.25, 0.3) is 0 Å². The molecule has 1 atom stereocenters. The molecule has 0 fully saturated rings. The van der Waals surface area contributed by atoms with Crippen molar-refractivity contribution >= 4 is 11.6 Å². The lowest BCUT2D eigenvalue weighted by atomic mass is 9.86. The van der Waals surface area contributed by atoms with Crippen LogP contribution in [-0.4, -0.2) is 18.3 Å². The van der Waals surface area contributed by atoms with Gasteiger partial charge in [0.1, 0.15) is 5.75 Å². The van der Waals surface area contributed by atoms with E-state index in [0.717, 1.165) is 18.4 Å². The van der Waals surface area contributed by atoms with Crippen LogP contribution in [0.4, 0.5) is 0 Å². The first-order valence-corrected chi connectivity index (χ1v) is 6.23. The summed E-state index contributed by atoms with van der Waals surface area (Å²) in [6.07, 6.45) is 1.27. The van der Waals surface area contributed by atoms with E-state index in [0.29, 0.717) is 10.8 Å². The summed E-state index contributed by atoms with van der Waals surface area (Å²) >= 11 is 5.96. The highest BCUT2D eigenvalue weighted by Gasteiger charge is 2.21. The lowest BCUT2D eigenvalue weighted by Crippen LogP contribution is -2.26. The van der Waals surface area contributed by atoms with Crippen molar-refractivity contribution in [1.29, 1.82) is 0 Å². The highest BCUT2D eigenvalue weighted by molar-refractivity contribution is 6.32. The number of halogens is 1. The van der Waals surface area contributed by atoms with E-state index >= 15 is 0 Å². The predicted octanol–water partition coefficient (Wildman–Crippen LogP) is 3.69. The second-order valence-electron chi connectivity index (χ2n) is 5.39. The molecule has 0 aliphatic heterocycles. The summed E-state index contributed by atoms with van der Waals surface area (Å²) in [7, 11) is 1.61. The first-order valence-electron chi connectivity index (χ1n) is 5.85.